The smallest absolute Gasteiger partial charge is 0.418 e. The summed E-state index contributed by atoms with van der Waals surface area (Å²) in [5.41, 5.74) is 7.72. The number of benzene rings is 4. The van der Waals surface area contributed by atoms with Crippen molar-refractivity contribution in [2.24, 2.45) is 0 Å². The largest absolute Gasteiger partial charge is 0.673 e. The number of nitrogens with zero attached hydrogens (tertiary/aromatic N) is 3. The summed E-state index contributed by atoms with van der Waals surface area (Å²) in [4.78, 5) is 11.1. The lowest BCUT2D eigenvalue weighted by atomic mass is 9.99. The minimum absolute atomic E-state index is 0.0578. The predicted molar refractivity (Wildman–Crippen MR) is 152 cm³/mol. The average molecular weight is 557 g/mol. The molecule has 1 unspecified atom stereocenters. The predicted octanol–water partition coefficient (Wildman–Crippen LogP) is 7.88. The van der Waals surface area contributed by atoms with E-state index in [0.29, 0.717) is 0 Å². The molecule has 5 aromatic rings. The van der Waals surface area contributed by atoms with E-state index in [1.807, 2.05) is 24.3 Å². The second-order valence-electron chi connectivity index (χ2n) is 9.41. The Labute approximate surface area is 234 Å². The van der Waals surface area contributed by atoms with Crippen LogP contribution in [0.1, 0.15) is 11.6 Å². The van der Waals surface area contributed by atoms with E-state index in [2.05, 4.69) is 94.6 Å². The zero-order valence-electron chi connectivity index (χ0n) is 21.7. The summed E-state index contributed by atoms with van der Waals surface area (Å²) in [7, 11) is -6.00. The van der Waals surface area contributed by atoms with Crippen LogP contribution < -0.4 is 9.69 Å². The van der Waals surface area contributed by atoms with Crippen LogP contribution in [0.25, 0.3) is 33.6 Å². The Morgan fingerprint density at radius 2 is 1.12 bits per heavy atom. The van der Waals surface area contributed by atoms with Crippen molar-refractivity contribution in [1.29, 1.82) is 0 Å². The minimum atomic E-state index is -6.00. The van der Waals surface area contributed by atoms with Gasteiger partial charge in [0.2, 0.25) is 11.4 Å². The summed E-state index contributed by atoms with van der Waals surface area (Å²) in [5, 5.41) is 13.7. The van der Waals surface area contributed by atoms with E-state index in [0.717, 1.165) is 45.7 Å². The lowest BCUT2D eigenvalue weighted by molar-refractivity contribution is -0.655. The maximum atomic E-state index is 11.4. The van der Waals surface area contributed by atoms with Crippen molar-refractivity contribution in [2.75, 3.05) is 11.6 Å². The number of hydrogen-bond acceptors (Lipinski definition) is 3. The van der Waals surface area contributed by atoms with Gasteiger partial charge in [0.15, 0.2) is 0 Å². The zero-order valence-corrected chi connectivity index (χ0v) is 21.7. The third-order valence-corrected chi connectivity index (χ3v) is 6.60. The number of nitro groups is 1. The second kappa shape index (κ2) is 11.6. The van der Waals surface area contributed by atoms with Gasteiger partial charge >= 0.3 is 7.25 Å². The topological polar surface area (TPSA) is 50.0 Å². The molecule has 0 N–H and O–H groups in total. The Morgan fingerprint density at radius 1 is 0.659 bits per heavy atom. The highest BCUT2D eigenvalue weighted by molar-refractivity contribution is 6.50. The van der Waals surface area contributed by atoms with E-state index in [9.17, 15) is 27.4 Å². The number of pyridine rings is 1. The molecular formula is C31H24BF4N3O2. The van der Waals surface area contributed by atoms with E-state index in [1.165, 1.54) is 0 Å². The molecule has 1 aromatic heterocycles. The van der Waals surface area contributed by atoms with Gasteiger partial charge in [0, 0.05) is 35.4 Å². The fourth-order valence-corrected chi connectivity index (χ4v) is 4.77. The van der Waals surface area contributed by atoms with Crippen LogP contribution in [0.2, 0.25) is 0 Å². The molecule has 0 saturated carbocycles. The van der Waals surface area contributed by atoms with Crippen LogP contribution in [0.15, 0.2) is 127 Å². The zero-order chi connectivity index (χ0) is 29.0. The third-order valence-electron chi connectivity index (χ3n) is 6.60. The monoisotopic (exact) mass is 557 g/mol. The fourth-order valence-electron chi connectivity index (χ4n) is 4.77. The van der Waals surface area contributed by atoms with Gasteiger partial charge in [-0.05, 0) is 41.0 Å². The molecule has 5 nitrogen and oxygen atoms in total. The molecule has 6 rings (SSSR count). The Bertz CT molecular complexity index is 1590. The molecule has 1 aliphatic heterocycles. The molecule has 41 heavy (non-hydrogen) atoms. The van der Waals surface area contributed by atoms with Crippen molar-refractivity contribution >= 4 is 12.9 Å². The highest BCUT2D eigenvalue weighted by Crippen LogP contribution is 2.36. The van der Waals surface area contributed by atoms with E-state index < -0.39 is 7.25 Å². The van der Waals surface area contributed by atoms with Crippen LogP contribution >= 0.6 is 0 Å². The Balaban J connectivity index is 0.000000623. The molecule has 4 aromatic carbocycles. The lowest BCUT2D eigenvalue weighted by Gasteiger charge is -2.13. The lowest BCUT2D eigenvalue weighted by Crippen LogP contribution is -2.49. The van der Waals surface area contributed by atoms with E-state index in [1.54, 1.807) is 18.2 Å². The number of aromatic nitrogens is 1. The van der Waals surface area contributed by atoms with Gasteiger partial charge in [-0.25, -0.2) is 0 Å². The number of rotatable bonds is 6. The molecule has 2 heterocycles. The molecule has 0 spiro atoms. The van der Waals surface area contributed by atoms with E-state index in [-0.39, 0.29) is 16.7 Å². The normalized spacial score (nSPS) is 14.1. The molecular weight excluding hydrogens is 533 g/mol. The van der Waals surface area contributed by atoms with Crippen LogP contribution in [0.4, 0.5) is 23.0 Å². The van der Waals surface area contributed by atoms with E-state index in [4.69, 9.17) is 0 Å². The molecule has 0 radical (unpaired) electrons. The summed E-state index contributed by atoms with van der Waals surface area (Å²) in [5.74, 6) is 0. The third kappa shape index (κ3) is 6.78. The van der Waals surface area contributed by atoms with Crippen molar-refractivity contribution in [3.63, 3.8) is 0 Å². The second-order valence-corrected chi connectivity index (χ2v) is 9.41. The van der Waals surface area contributed by atoms with Gasteiger partial charge in [-0.1, -0.05) is 83.5 Å². The summed E-state index contributed by atoms with van der Waals surface area (Å²) in [6.07, 6.45) is 0. The van der Waals surface area contributed by atoms with Crippen LogP contribution in [-0.4, -0.2) is 18.7 Å². The van der Waals surface area contributed by atoms with Crippen molar-refractivity contribution in [1.82, 2.24) is 0 Å². The molecule has 10 heteroatoms. The first-order valence-corrected chi connectivity index (χ1v) is 12.8. The SMILES string of the molecule is F[B-](F)(F)F.O=[N+]([O-])c1cccc(C2CN2[n+]2c(-c3ccccc3)cc(-c3ccccc3)cc2-c2ccccc2)c1. The molecule has 0 aliphatic carbocycles. The first kappa shape index (κ1) is 27.6. The van der Waals surface area contributed by atoms with Gasteiger partial charge < -0.3 is 17.3 Å². The van der Waals surface area contributed by atoms with Crippen LogP contribution in [0.3, 0.4) is 0 Å². The molecule has 1 atom stereocenters. The summed E-state index contributed by atoms with van der Waals surface area (Å²) < 4.78 is 41.3. The number of nitro benzene ring substituents is 1. The van der Waals surface area contributed by atoms with Crippen LogP contribution in [-0.2, 0) is 0 Å². The highest BCUT2D eigenvalue weighted by Gasteiger charge is 2.46. The average Bonchev–Trinajstić information content (AvgIpc) is 3.78. The molecule has 1 fully saturated rings. The van der Waals surface area contributed by atoms with Crippen molar-refractivity contribution in [2.45, 2.75) is 6.04 Å². The number of hydrogen-bond donors (Lipinski definition) is 0. The maximum Gasteiger partial charge on any atom is 0.673 e. The molecule has 1 saturated heterocycles. The van der Waals surface area contributed by atoms with Gasteiger partial charge in [0.25, 0.3) is 5.69 Å². The minimum Gasteiger partial charge on any atom is -0.418 e. The highest BCUT2D eigenvalue weighted by atomic mass is 19.5. The Hall–Kier alpha value is -4.99. The summed E-state index contributed by atoms with van der Waals surface area (Å²) >= 11 is 0. The first-order valence-electron chi connectivity index (χ1n) is 12.8. The summed E-state index contributed by atoms with van der Waals surface area (Å²) in [6.45, 7) is 0.774. The van der Waals surface area contributed by atoms with E-state index >= 15 is 0 Å². The number of halogens is 4. The Morgan fingerprint density at radius 3 is 1.59 bits per heavy atom. The quantitative estimate of drug-likeness (QED) is 0.0533. The first-order chi connectivity index (χ1) is 19.7. The van der Waals surface area contributed by atoms with Crippen molar-refractivity contribution in [3.8, 4) is 33.6 Å². The van der Waals surface area contributed by atoms with Gasteiger partial charge in [0.1, 0.15) is 12.6 Å². The maximum absolute atomic E-state index is 11.4. The van der Waals surface area contributed by atoms with Gasteiger partial charge in [-0.2, -0.15) is 5.01 Å². The van der Waals surface area contributed by atoms with Gasteiger partial charge in [-0.3, -0.25) is 10.1 Å². The molecule has 0 bridgehead atoms. The molecule has 1 aliphatic rings. The van der Waals surface area contributed by atoms with Crippen molar-refractivity contribution < 1.29 is 26.9 Å². The van der Waals surface area contributed by atoms with Crippen molar-refractivity contribution in [3.05, 3.63) is 143 Å². The standard InChI is InChI=1S/C31H24N3O2.BF4/c35-34(36)28-18-10-17-26(19-28)31-22-32(31)33-29(24-13-6-2-7-14-24)20-27(23-11-4-1-5-12-23)21-30(33)25-15-8-3-9-16-25;2-1(3,4)5/h1-21,31H,22H2;/q+1;-1. The fraction of sp³-hybridized carbons (Fsp3) is 0.0645. The van der Waals surface area contributed by atoms with Crippen LogP contribution in [0, 0.1) is 10.1 Å². The molecule has 0 amide bonds. The Kier molecular flexibility index (Phi) is 7.82. The van der Waals surface area contributed by atoms with Gasteiger partial charge in [0.05, 0.1) is 4.92 Å². The van der Waals surface area contributed by atoms with Gasteiger partial charge in [-0.15, -0.1) is 0 Å². The number of non-ortho nitro benzene ring substituents is 1. The van der Waals surface area contributed by atoms with Crippen LogP contribution in [0.5, 0.6) is 0 Å². The summed E-state index contributed by atoms with van der Waals surface area (Å²) in [6, 6.07) is 42.7. The molecule has 206 valence electrons.